The Labute approximate surface area is 116 Å². The summed E-state index contributed by atoms with van der Waals surface area (Å²) in [7, 11) is 0. The molecule has 0 fully saturated rings. The molecule has 0 bridgehead atoms. The summed E-state index contributed by atoms with van der Waals surface area (Å²) in [4.78, 5) is 22.1. The minimum atomic E-state index is -0.592. The molecule has 0 saturated carbocycles. The Kier molecular flexibility index (Phi) is 5.26. The lowest BCUT2D eigenvalue weighted by molar-refractivity contribution is -0.384. The molecular formula is C12H16ClN3O3. The second-order valence-corrected chi connectivity index (χ2v) is 4.95. The topological polar surface area (TPSA) is 98.3 Å². The second kappa shape index (κ2) is 6.49. The van der Waals surface area contributed by atoms with Crippen molar-refractivity contribution in [2.24, 2.45) is 11.7 Å². The van der Waals surface area contributed by atoms with Crippen LogP contribution >= 0.6 is 11.6 Å². The largest absolute Gasteiger partial charge is 0.348 e. The SMILES string of the molecule is CC(C)C(CN)NC(=O)c1cc(Cl)cc([N+](=O)[O-])c1. The highest BCUT2D eigenvalue weighted by Crippen LogP contribution is 2.21. The number of hydrogen-bond donors (Lipinski definition) is 2. The molecule has 0 aromatic heterocycles. The van der Waals surface area contributed by atoms with E-state index in [-0.39, 0.29) is 28.2 Å². The molecular weight excluding hydrogens is 270 g/mol. The van der Waals surface area contributed by atoms with Crippen molar-refractivity contribution in [2.45, 2.75) is 19.9 Å². The molecule has 0 saturated heterocycles. The fraction of sp³-hybridized carbons (Fsp3) is 0.417. The van der Waals surface area contributed by atoms with Gasteiger partial charge >= 0.3 is 0 Å². The van der Waals surface area contributed by atoms with E-state index in [9.17, 15) is 14.9 Å². The number of nitrogens with one attached hydrogen (secondary N) is 1. The third-order valence-electron chi connectivity index (χ3n) is 2.73. The van der Waals surface area contributed by atoms with Crippen molar-refractivity contribution in [3.63, 3.8) is 0 Å². The van der Waals surface area contributed by atoms with E-state index in [0.29, 0.717) is 6.54 Å². The third-order valence-corrected chi connectivity index (χ3v) is 2.95. The smallest absolute Gasteiger partial charge is 0.271 e. The Balaban J connectivity index is 2.96. The zero-order chi connectivity index (χ0) is 14.6. The van der Waals surface area contributed by atoms with Gasteiger partial charge in [0.15, 0.2) is 0 Å². The molecule has 6 nitrogen and oxygen atoms in total. The van der Waals surface area contributed by atoms with Gasteiger partial charge < -0.3 is 11.1 Å². The van der Waals surface area contributed by atoms with Gasteiger partial charge in [0.1, 0.15) is 0 Å². The standard InChI is InChI=1S/C12H16ClN3O3/c1-7(2)11(6-14)15-12(17)8-3-9(13)5-10(4-8)16(18)19/h3-5,7,11H,6,14H2,1-2H3,(H,15,17). The highest BCUT2D eigenvalue weighted by Gasteiger charge is 2.18. The first-order valence-electron chi connectivity index (χ1n) is 5.81. The molecule has 0 radical (unpaired) electrons. The number of carbonyl (C=O) groups is 1. The van der Waals surface area contributed by atoms with E-state index in [1.54, 1.807) is 0 Å². The predicted molar refractivity (Wildman–Crippen MR) is 73.3 cm³/mol. The van der Waals surface area contributed by atoms with E-state index in [1.165, 1.54) is 18.2 Å². The van der Waals surface area contributed by atoms with Gasteiger partial charge in [-0.25, -0.2) is 0 Å². The maximum atomic E-state index is 12.0. The number of nitro groups is 1. The highest BCUT2D eigenvalue weighted by atomic mass is 35.5. The molecule has 1 aromatic rings. The zero-order valence-electron chi connectivity index (χ0n) is 10.7. The number of amides is 1. The van der Waals surface area contributed by atoms with Crippen molar-refractivity contribution in [3.05, 3.63) is 38.9 Å². The van der Waals surface area contributed by atoms with Crippen LogP contribution in [0.15, 0.2) is 18.2 Å². The van der Waals surface area contributed by atoms with Crippen LogP contribution in [0, 0.1) is 16.0 Å². The van der Waals surface area contributed by atoms with Crippen LogP contribution < -0.4 is 11.1 Å². The van der Waals surface area contributed by atoms with Crippen LogP contribution in [-0.4, -0.2) is 23.4 Å². The lowest BCUT2D eigenvalue weighted by Crippen LogP contribution is -2.43. The van der Waals surface area contributed by atoms with Gasteiger partial charge in [-0.3, -0.25) is 14.9 Å². The lowest BCUT2D eigenvalue weighted by atomic mass is 10.0. The van der Waals surface area contributed by atoms with Crippen LogP contribution in [0.3, 0.4) is 0 Å². The zero-order valence-corrected chi connectivity index (χ0v) is 11.5. The van der Waals surface area contributed by atoms with Gasteiger partial charge in [-0.2, -0.15) is 0 Å². The number of benzene rings is 1. The van der Waals surface area contributed by atoms with Crippen molar-refractivity contribution in [2.75, 3.05) is 6.54 Å². The summed E-state index contributed by atoms with van der Waals surface area (Å²) in [5, 5.41) is 13.6. The summed E-state index contributed by atoms with van der Waals surface area (Å²) in [5.74, 6) is -0.252. The van der Waals surface area contributed by atoms with E-state index >= 15 is 0 Å². The molecule has 7 heteroatoms. The fourth-order valence-electron chi connectivity index (χ4n) is 1.56. The first kappa shape index (κ1) is 15.4. The monoisotopic (exact) mass is 285 g/mol. The molecule has 0 heterocycles. The van der Waals surface area contributed by atoms with Crippen molar-refractivity contribution in [3.8, 4) is 0 Å². The van der Waals surface area contributed by atoms with Gasteiger partial charge in [0.05, 0.1) is 4.92 Å². The fourth-order valence-corrected chi connectivity index (χ4v) is 1.79. The Hall–Kier alpha value is -1.66. The van der Waals surface area contributed by atoms with Gasteiger partial charge in [-0.05, 0) is 12.0 Å². The lowest BCUT2D eigenvalue weighted by Gasteiger charge is -2.20. The normalized spacial score (nSPS) is 12.3. The molecule has 0 spiro atoms. The number of non-ortho nitro benzene ring substituents is 1. The number of nitro benzene ring substituents is 1. The van der Waals surface area contributed by atoms with Gasteiger partial charge in [0.25, 0.3) is 11.6 Å². The van der Waals surface area contributed by atoms with E-state index in [4.69, 9.17) is 17.3 Å². The molecule has 1 rings (SSSR count). The highest BCUT2D eigenvalue weighted by molar-refractivity contribution is 6.31. The molecule has 19 heavy (non-hydrogen) atoms. The molecule has 0 aliphatic heterocycles. The summed E-state index contributed by atoms with van der Waals surface area (Å²) in [5.41, 5.74) is 5.49. The minimum absolute atomic E-state index is 0.146. The summed E-state index contributed by atoms with van der Waals surface area (Å²) < 4.78 is 0. The maximum absolute atomic E-state index is 12.0. The average molecular weight is 286 g/mol. The predicted octanol–water partition coefficient (Wildman–Crippen LogP) is 1.96. The number of carbonyl (C=O) groups excluding carboxylic acids is 1. The van der Waals surface area contributed by atoms with Crippen molar-refractivity contribution >= 4 is 23.2 Å². The number of nitrogens with two attached hydrogens (primary N) is 1. The first-order chi connectivity index (χ1) is 8.85. The molecule has 1 unspecified atom stereocenters. The van der Waals surface area contributed by atoms with Crippen LogP contribution in [-0.2, 0) is 0 Å². The quantitative estimate of drug-likeness (QED) is 0.638. The molecule has 3 N–H and O–H groups in total. The maximum Gasteiger partial charge on any atom is 0.271 e. The molecule has 0 aliphatic rings. The van der Waals surface area contributed by atoms with Crippen LogP contribution in [0.4, 0.5) is 5.69 Å². The van der Waals surface area contributed by atoms with Gasteiger partial charge in [-0.1, -0.05) is 25.4 Å². The number of halogens is 1. The van der Waals surface area contributed by atoms with Crippen molar-refractivity contribution in [1.82, 2.24) is 5.32 Å². The number of nitrogens with zero attached hydrogens (tertiary/aromatic N) is 1. The Morgan fingerprint density at radius 1 is 1.47 bits per heavy atom. The van der Waals surface area contributed by atoms with Crippen molar-refractivity contribution in [1.29, 1.82) is 0 Å². The van der Waals surface area contributed by atoms with E-state index in [2.05, 4.69) is 5.32 Å². The van der Waals surface area contributed by atoms with Gasteiger partial charge in [0, 0.05) is 35.3 Å². The van der Waals surface area contributed by atoms with Crippen LogP contribution in [0.2, 0.25) is 5.02 Å². The molecule has 104 valence electrons. The van der Waals surface area contributed by atoms with Crippen LogP contribution in [0.5, 0.6) is 0 Å². The molecule has 1 amide bonds. The first-order valence-corrected chi connectivity index (χ1v) is 6.19. The van der Waals surface area contributed by atoms with Gasteiger partial charge in [-0.15, -0.1) is 0 Å². The Morgan fingerprint density at radius 2 is 2.11 bits per heavy atom. The van der Waals surface area contributed by atoms with E-state index in [0.717, 1.165) is 0 Å². The third kappa shape index (κ3) is 4.18. The van der Waals surface area contributed by atoms with Crippen molar-refractivity contribution < 1.29 is 9.72 Å². The average Bonchev–Trinajstić information content (AvgIpc) is 2.34. The number of rotatable bonds is 5. The minimum Gasteiger partial charge on any atom is -0.348 e. The summed E-state index contributed by atoms with van der Waals surface area (Å²) in [6.45, 7) is 4.16. The Morgan fingerprint density at radius 3 is 2.58 bits per heavy atom. The van der Waals surface area contributed by atoms with Crippen LogP contribution in [0.25, 0.3) is 0 Å². The summed E-state index contributed by atoms with van der Waals surface area (Å²) >= 11 is 5.76. The van der Waals surface area contributed by atoms with Crippen LogP contribution in [0.1, 0.15) is 24.2 Å². The second-order valence-electron chi connectivity index (χ2n) is 4.51. The molecule has 1 aromatic carbocycles. The van der Waals surface area contributed by atoms with E-state index < -0.39 is 10.8 Å². The van der Waals surface area contributed by atoms with Gasteiger partial charge in [0.2, 0.25) is 0 Å². The Bertz CT molecular complexity index is 491. The molecule has 1 atom stereocenters. The number of hydrogen-bond acceptors (Lipinski definition) is 4. The summed E-state index contributed by atoms with van der Waals surface area (Å²) in [6, 6.07) is 3.58. The van der Waals surface area contributed by atoms with E-state index in [1.807, 2.05) is 13.8 Å². The molecule has 0 aliphatic carbocycles. The summed E-state index contributed by atoms with van der Waals surface area (Å²) in [6.07, 6.45) is 0.